The zero-order valence-corrected chi connectivity index (χ0v) is 11.6. The molecule has 0 saturated carbocycles. The van der Waals surface area contributed by atoms with Gasteiger partial charge in [-0.2, -0.15) is 0 Å². The van der Waals surface area contributed by atoms with Gasteiger partial charge in [0.05, 0.1) is 24.0 Å². The van der Waals surface area contributed by atoms with E-state index in [9.17, 15) is 4.79 Å². The molecule has 0 aliphatic carbocycles. The summed E-state index contributed by atoms with van der Waals surface area (Å²) in [5.74, 6) is 0.559. The first-order valence-corrected chi connectivity index (χ1v) is 6.30. The number of hydrogen-bond acceptors (Lipinski definition) is 5. The number of carbonyl (C=O) groups excluding carboxylic acids is 1. The van der Waals surface area contributed by atoms with Crippen LogP contribution in [0, 0.1) is 0 Å². The van der Waals surface area contributed by atoms with Gasteiger partial charge in [-0.15, -0.1) is 0 Å². The minimum Gasteiger partial charge on any atom is -0.465 e. The Labute approximate surface area is 117 Å². The fraction of sp³-hybridized carbons (Fsp3) is 0.286. The second-order valence-corrected chi connectivity index (χ2v) is 4.39. The minimum absolute atomic E-state index is 0.406. The number of rotatable bonds is 5. The normalized spacial score (nSPS) is 10.3. The number of aryl methyl sites for hydroxylation is 1. The lowest BCUT2D eigenvalue weighted by molar-refractivity contribution is 0.0602. The molecule has 0 aliphatic rings. The molecular weight excluding hydrogens is 256 g/mol. The number of aromatic nitrogens is 2. The Morgan fingerprint density at radius 2 is 2.30 bits per heavy atom. The minimum atomic E-state index is -0.406. The summed E-state index contributed by atoms with van der Waals surface area (Å²) in [7, 11) is 3.29. The third-order valence-electron chi connectivity index (χ3n) is 3.07. The highest BCUT2D eigenvalue weighted by atomic mass is 16.5. The number of imidazole rings is 1. The van der Waals surface area contributed by atoms with Gasteiger partial charge in [0.25, 0.3) is 0 Å². The average molecular weight is 274 g/mol. The van der Waals surface area contributed by atoms with Crippen molar-refractivity contribution in [2.75, 3.05) is 24.7 Å². The highest BCUT2D eigenvalue weighted by molar-refractivity contribution is 5.98. The molecule has 6 nitrogen and oxygen atoms in total. The van der Waals surface area contributed by atoms with Crippen molar-refractivity contribution in [1.82, 2.24) is 9.55 Å². The lowest BCUT2D eigenvalue weighted by Crippen LogP contribution is -2.14. The summed E-state index contributed by atoms with van der Waals surface area (Å²) in [6.07, 6.45) is 4.39. The number of ether oxygens (including phenoxy) is 1. The molecule has 2 aromatic rings. The van der Waals surface area contributed by atoms with Crippen molar-refractivity contribution in [2.24, 2.45) is 7.05 Å². The Hall–Kier alpha value is -2.50. The lowest BCUT2D eigenvalue weighted by Gasteiger charge is -2.13. The van der Waals surface area contributed by atoms with Crippen molar-refractivity contribution in [2.45, 2.75) is 6.42 Å². The molecule has 20 heavy (non-hydrogen) atoms. The Balaban J connectivity index is 2.09. The maximum atomic E-state index is 11.7. The third kappa shape index (κ3) is 2.90. The second kappa shape index (κ2) is 6.10. The first-order chi connectivity index (χ1) is 9.63. The molecule has 2 rings (SSSR count). The molecule has 106 valence electrons. The molecule has 0 atom stereocenters. The van der Waals surface area contributed by atoms with Gasteiger partial charge in [-0.25, -0.2) is 9.78 Å². The van der Waals surface area contributed by atoms with Gasteiger partial charge in [0.2, 0.25) is 0 Å². The zero-order valence-electron chi connectivity index (χ0n) is 11.6. The van der Waals surface area contributed by atoms with Crippen molar-refractivity contribution >= 4 is 17.3 Å². The fourth-order valence-corrected chi connectivity index (χ4v) is 1.98. The summed E-state index contributed by atoms with van der Waals surface area (Å²) >= 11 is 0. The molecule has 0 amide bonds. The highest BCUT2D eigenvalue weighted by Crippen LogP contribution is 2.24. The SMILES string of the molecule is COC(=O)c1cccc(N)c1NCCc1nccn1C. The molecule has 1 aromatic carbocycles. The Bertz CT molecular complexity index is 607. The van der Waals surface area contributed by atoms with Gasteiger partial charge in [0.15, 0.2) is 0 Å². The number of esters is 1. The zero-order chi connectivity index (χ0) is 14.5. The predicted molar refractivity (Wildman–Crippen MR) is 77.6 cm³/mol. The summed E-state index contributed by atoms with van der Waals surface area (Å²) < 4.78 is 6.71. The topological polar surface area (TPSA) is 82.2 Å². The van der Waals surface area contributed by atoms with Crippen LogP contribution in [0.3, 0.4) is 0 Å². The van der Waals surface area contributed by atoms with Crippen LogP contribution < -0.4 is 11.1 Å². The van der Waals surface area contributed by atoms with E-state index in [-0.39, 0.29) is 0 Å². The first-order valence-electron chi connectivity index (χ1n) is 6.30. The fourth-order valence-electron chi connectivity index (χ4n) is 1.98. The van der Waals surface area contributed by atoms with Crippen molar-refractivity contribution in [3.63, 3.8) is 0 Å². The molecular formula is C14H18N4O2. The number of carbonyl (C=O) groups is 1. The number of methoxy groups -OCH3 is 1. The standard InChI is InChI=1S/C14H18N4O2/c1-18-9-8-16-12(18)6-7-17-13-10(14(19)20-2)4-3-5-11(13)15/h3-5,8-9,17H,6-7,15H2,1-2H3. The van der Waals surface area contributed by atoms with Crippen LogP contribution in [0.25, 0.3) is 0 Å². The number of benzene rings is 1. The molecule has 3 N–H and O–H groups in total. The molecule has 0 bridgehead atoms. The maximum absolute atomic E-state index is 11.7. The largest absolute Gasteiger partial charge is 0.465 e. The summed E-state index contributed by atoms with van der Waals surface area (Å²) in [5.41, 5.74) is 7.48. The van der Waals surface area contributed by atoms with Crippen LogP contribution in [0.5, 0.6) is 0 Å². The van der Waals surface area contributed by atoms with Crippen LogP contribution >= 0.6 is 0 Å². The van der Waals surface area contributed by atoms with E-state index < -0.39 is 5.97 Å². The van der Waals surface area contributed by atoms with Crippen molar-refractivity contribution in [3.05, 3.63) is 42.0 Å². The molecule has 0 saturated heterocycles. The number of nitrogens with one attached hydrogen (secondary N) is 1. The smallest absolute Gasteiger partial charge is 0.340 e. The van der Waals surface area contributed by atoms with E-state index >= 15 is 0 Å². The van der Waals surface area contributed by atoms with Crippen molar-refractivity contribution < 1.29 is 9.53 Å². The van der Waals surface area contributed by atoms with Gasteiger partial charge < -0.3 is 20.4 Å². The van der Waals surface area contributed by atoms with Gasteiger partial charge in [0, 0.05) is 32.4 Å². The van der Waals surface area contributed by atoms with Crippen LogP contribution in [0.4, 0.5) is 11.4 Å². The number of anilines is 2. The van der Waals surface area contributed by atoms with Gasteiger partial charge in [-0.3, -0.25) is 0 Å². The van der Waals surface area contributed by atoms with Crippen molar-refractivity contribution in [1.29, 1.82) is 0 Å². The monoisotopic (exact) mass is 274 g/mol. The van der Waals surface area contributed by atoms with Gasteiger partial charge >= 0.3 is 5.97 Å². The number of nitrogens with zero attached hydrogens (tertiary/aromatic N) is 2. The van der Waals surface area contributed by atoms with E-state index in [0.717, 1.165) is 12.2 Å². The number of nitrogens with two attached hydrogens (primary N) is 1. The van der Waals surface area contributed by atoms with Gasteiger partial charge in [-0.1, -0.05) is 6.07 Å². The molecule has 0 spiro atoms. The van der Waals surface area contributed by atoms with Crippen LogP contribution in [-0.4, -0.2) is 29.2 Å². The molecule has 1 heterocycles. The summed E-state index contributed by atoms with van der Waals surface area (Å²) in [6.45, 7) is 0.628. The summed E-state index contributed by atoms with van der Waals surface area (Å²) in [5, 5.41) is 3.18. The van der Waals surface area contributed by atoms with E-state index in [4.69, 9.17) is 10.5 Å². The molecule has 1 aromatic heterocycles. The lowest BCUT2D eigenvalue weighted by atomic mass is 10.1. The molecule has 0 unspecified atom stereocenters. The molecule has 6 heteroatoms. The van der Waals surface area contributed by atoms with Crippen LogP contribution in [-0.2, 0) is 18.2 Å². The number of nitrogen functional groups attached to an aromatic ring is 1. The average Bonchev–Trinajstić information content (AvgIpc) is 2.85. The van der Waals surface area contributed by atoms with Gasteiger partial charge in [-0.05, 0) is 12.1 Å². The number of para-hydroxylation sites is 1. The van der Waals surface area contributed by atoms with Crippen LogP contribution in [0.1, 0.15) is 16.2 Å². The maximum Gasteiger partial charge on any atom is 0.340 e. The summed E-state index contributed by atoms with van der Waals surface area (Å²) in [6, 6.07) is 5.16. The summed E-state index contributed by atoms with van der Waals surface area (Å²) in [4.78, 5) is 15.9. The number of hydrogen-bond donors (Lipinski definition) is 2. The Morgan fingerprint density at radius 1 is 1.50 bits per heavy atom. The van der Waals surface area contributed by atoms with E-state index in [1.165, 1.54) is 7.11 Å². The van der Waals surface area contributed by atoms with E-state index in [0.29, 0.717) is 23.5 Å². The Kier molecular flexibility index (Phi) is 4.24. The Morgan fingerprint density at radius 3 is 2.95 bits per heavy atom. The van der Waals surface area contributed by atoms with Crippen LogP contribution in [0.2, 0.25) is 0 Å². The van der Waals surface area contributed by atoms with Gasteiger partial charge in [0.1, 0.15) is 5.82 Å². The van der Waals surface area contributed by atoms with E-state index in [1.54, 1.807) is 24.4 Å². The van der Waals surface area contributed by atoms with Crippen LogP contribution in [0.15, 0.2) is 30.6 Å². The second-order valence-electron chi connectivity index (χ2n) is 4.39. The first kappa shape index (κ1) is 13.9. The van der Waals surface area contributed by atoms with Crippen molar-refractivity contribution in [3.8, 4) is 0 Å². The molecule has 0 fully saturated rings. The van der Waals surface area contributed by atoms with E-state index in [2.05, 4.69) is 10.3 Å². The molecule has 0 aliphatic heterocycles. The molecule has 0 radical (unpaired) electrons. The highest BCUT2D eigenvalue weighted by Gasteiger charge is 2.13. The third-order valence-corrected chi connectivity index (χ3v) is 3.07. The van der Waals surface area contributed by atoms with E-state index in [1.807, 2.05) is 17.8 Å². The quantitative estimate of drug-likeness (QED) is 0.637. The predicted octanol–water partition coefficient (Wildman–Crippen LogP) is 1.44.